The van der Waals surface area contributed by atoms with Gasteiger partial charge in [0.05, 0.1) is 0 Å². The lowest BCUT2D eigenvalue weighted by molar-refractivity contribution is 0.0565. The molecular weight excluding hydrogens is 256 g/mol. The molecule has 0 spiro atoms. The van der Waals surface area contributed by atoms with Gasteiger partial charge in [0.2, 0.25) is 0 Å². The third kappa shape index (κ3) is 9.60. The summed E-state index contributed by atoms with van der Waals surface area (Å²) in [6, 6.07) is 0.837. The highest BCUT2D eigenvalue weighted by Gasteiger charge is 2.39. The number of hydrogen-bond acceptors (Lipinski definition) is 3. The minimum absolute atomic E-state index is 0.751. The summed E-state index contributed by atoms with van der Waals surface area (Å²) in [5.74, 6) is 0. The van der Waals surface area contributed by atoms with Crippen molar-refractivity contribution >= 4 is 8.80 Å². The van der Waals surface area contributed by atoms with Gasteiger partial charge in [-0.3, -0.25) is 0 Å². The van der Waals surface area contributed by atoms with Gasteiger partial charge in [-0.25, -0.2) is 0 Å². The maximum atomic E-state index is 6.06. The summed E-state index contributed by atoms with van der Waals surface area (Å²) in [5, 5.41) is 0. The summed E-state index contributed by atoms with van der Waals surface area (Å²) in [5.41, 5.74) is 0. The quantitative estimate of drug-likeness (QED) is 0.345. The smallest absolute Gasteiger partial charge is 0.373 e. The fraction of sp³-hybridized carbons (Fsp3) is 0.933. The van der Waals surface area contributed by atoms with Gasteiger partial charge >= 0.3 is 8.80 Å². The molecule has 19 heavy (non-hydrogen) atoms. The van der Waals surface area contributed by atoms with Crippen LogP contribution in [-0.2, 0) is 13.3 Å². The summed E-state index contributed by atoms with van der Waals surface area (Å²) < 4.78 is 18.2. The van der Waals surface area contributed by atoms with Crippen molar-refractivity contribution in [2.45, 2.75) is 71.8 Å². The van der Waals surface area contributed by atoms with Crippen molar-refractivity contribution in [2.24, 2.45) is 0 Å². The van der Waals surface area contributed by atoms with Gasteiger partial charge < -0.3 is 13.3 Å². The van der Waals surface area contributed by atoms with Crippen molar-refractivity contribution in [1.82, 2.24) is 0 Å². The fourth-order valence-corrected chi connectivity index (χ4v) is 4.16. The molecule has 0 aliphatic heterocycles. The van der Waals surface area contributed by atoms with E-state index < -0.39 is 8.80 Å². The zero-order valence-corrected chi connectivity index (χ0v) is 14.2. The first-order chi connectivity index (χ1) is 9.24. The lowest BCUT2D eigenvalue weighted by Crippen LogP contribution is -2.46. The van der Waals surface area contributed by atoms with E-state index in [4.69, 9.17) is 13.3 Å². The predicted octanol–water partition coefficient (Wildman–Crippen LogP) is 4.60. The molecule has 0 aromatic carbocycles. The van der Waals surface area contributed by atoms with E-state index in [0.717, 1.165) is 70.8 Å². The van der Waals surface area contributed by atoms with Gasteiger partial charge in [-0.1, -0.05) is 47.0 Å². The second-order valence-corrected chi connectivity index (χ2v) is 7.62. The lowest BCUT2D eigenvalue weighted by Gasteiger charge is -2.29. The van der Waals surface area contributed by atoms with Gasteiger partial charge in [0, 0.05) is 25.9 Å². The lowest BCUT2D eigenvalue weighted by atomic mass is 10.4. The van der Waals surface area contributed by atoms with Crippen LogP contribution in [0, 0.1) is 6.92 Å². The summed E-state index contributed by atoms with van der Waals surface area (Å²) in [6.45, 7) is 12.7. The van der Waals surface area contributed by atoms with E-state index in [2.05, 4.69) is 27.7 Å². The minimum atomic E-state index is -2.47. The Hall–Kier alpha value is 0.0969. The van der Waals surface area contributed by atoms with Crippen LogP contribution in [0.1, 0.15) is 65.7 Å². The molecule has 0 aliphatic rings. The first kappa shape index (κ1) is 19.1. The molecule has 115 valence electrons. The molecule has 0 saturated heterocycles. The molecule has 0 fully saturated rings. The summed E-state index contributed by atoms with van der Waals surface area (Å²) >= 11 is 0. The molecule has 0 amide bonds. The molecule has 0 aromatic rings. The third-order valence-corrected chi connectivity index (χ3v) is 5.84. The Morgan fingerprint density at radius 3 is 1.37 bits per heavy atom. The van der Waals surface area contributed by atoms with Crippen LogP contribution in [0.25, 0.3) is 0 Å². The van der Waals surface area contributed by atoms with Crippen LogP contribution in [0.3, 0.4) is 0 Å². The van der Waals surface area contributed by atoms with Gasteiger partial charge in [0.1, 0.15) is 0 Å². The molecule has 0 aromatic heterocycles. The monoisotopic (exact) mass is 289 g/mol. The van der Waals surface area contributed by atoms with Gasteiger partial charge in [0.25, 0.3) is 0 Å². The Balaban J connectivity index is 4.37. The topological polar surface area (TPSA) is 27.7 Å². The Bertz CT molecular complexity index is 162. The molecule has 0 unspecified atom stereocenters. The number of rotatable bonds is 14. The Morgan fingerprint density at radius 2 is 1.11 bits per heavy atom. The van der Waals surface area contributed by atoms with Crippen LogP contribution < -0.4 is 0 Å². The SMILES string of the molecule is [CH2]CC[Si](OCCCC)(OCCCC)OCCCC. The summed E-state index contributed by atoms with van der Waals surface area (Å²) in [6.07, 6.45) is 7.44. The molecular formula is C15H33O3Si. The first-order valence-electron chi connectivity index (χ1n) is 7.95. The summed E-state index contributed by atoms with van der Waals surface area (Å²) in [4.78, 5) is 0. The largest absolute Gasteiger partial charge is 0.500 e. The Labute approximate surface area is 121 Å². The van der Waals surface area contributed by atoms with Crippen LogP contribution in [0.5, 0.6) is 0 Å². The standard InChI is InChI=1S/C15H33O3Si/c1-5-9-12-16-19(15-8-4,17-13-10-6-2)18-14-11-7-3/h4-15H2,1-3H3. The number of hydrogen-bond donors (Lipinski definition) is 0. The average molecular weight is 290 g/mol. The maximum absolute atomic E-state index is 6.06. The van der Waals surface area contributed by atoms with E-state index in [1.54, 1.807) is 0 Å². The second kappa shape index (κ2) is 13.1. The van der Waals surface area contributed by atoms with Crippen molar-refractivity contribution in [2.75, 3.05) is 19.8 Å². The van der Waals surface area contributed by atoms with E-state index in [0.29, 0.717) is 0 Å². The highest BCUT2D eigenvalue weighted by molar-refractivity contribution is 6.60. The Kier molecular flexibility index (Phi) is 13.2. The Morgan fingerprint density at radius 1 is 0.737 bits per heavy atom. The summed E-state index contributed by atoms with van der Waals surface area (Å²) in [7, 11) is -2.47. The van der Waals surface area contributed by atoms with Crippen LogP contribution in [0.2, 0.25) is 6.04 Å². The van der Waals surface area contributed by atoms with Crippen molar-refractivity contribution in [3.05, 3.63) is 6.92 Å². The van der Waals surface area contributed by atoms with Crippen molar-refractivity contribution < 1.29 is 13.3 Å². The first-order valence-corrected chi connectivity index (χ1v) is 9.89. The van der Waals surface area contributed by atoms with Gasteiger partial charge in [-0.05, 0) is 25.7 Å². The van der Waals surface area contributed by atoms with E-state index in [9.17, 15) is 0 Å². The van der Waals surface area contributed by atoms with Crippen molar-refractivity contribution in [1.29, 1.82) is 0 Å². The minimum Gasteiger partial charge on any atom is -0.373 e. The van der Waals surface area contributed by atoms with E-state index in [1.165, 1.54) is 0 Å². The second-order valence-electron chi connectivity index (χ2n) is 4.89. The molecule has 0 N–H and O–H groups in total. The van der Waals surface area contributed by atoms with Gasteiger partial charge in [0.15, 0.2) is 0 Å². The molecule has 0 bridgehead atoms. The van der Waals surface area contributed by atoms with Crippen LogP contribution >= 0.6 is 0 Å². The molecule has 0 aliphatic carbocycles. The van der Waals surface area contributed by atoms with E-state index in [-0.39, 0.29) is 0 Å². The van der Waals surface area contributed by atoms with E-state index in [1.807, 2.05) is 0 Å². The van der Waals surface area contributed by atoms with Crippen molar-refractivity contribution in [3.8, 4) is 0 Å². The molecule has 0 saturated carbocycles. The average Bonchev–Trinajstić information content (AvgIpc) is 2.40. The molecule has 1 radical (unpaired) electrons. The van der Waals surface area contributed by atoms with Gasteiger partial charge in [-0.15, -0.1) is 0 Å². The highest BCUT2D eigenvalue weighted by Crippen LogP contribution is 2.19. The predicted molar refractivity (Wildman–Crippen MR) is 83.1 cm³/mol. The third-order valence-electron chi connectivity index (χ3n) is 2.94. The molecule has 3 nitrogen and oxygen atoms in total. The van der Waals surface area contributed by atoms with Crippen LogP contribution in [-0.4, -0.2) is 28.6 Å². The van der Waals surface area contributed by atoms with Crippen LogP contribution in [0.4, 0.5) is 0 Å². The van der Waals surface area contributed by atoms with Gasteiger partial charge in [-0.2, -0.15) is 0 Å². The van der Waals surface area contributed by atoms with E-state index >= 15 is 0 Å². The normalized spacial score (nSPS) is 12.0. The fourth-order valence-electron chi connectivity index (χ4n) is 1.67. The van der Waals surface area contributed by atoms with Crippen LogP contribution in [0.15, 0.2) is 0 Å². The molecule has 4 heteroatoms. The molecule has 0 atom stereocenters. The molecule has 0 heterocycles. The maximum Gasteiger partial charge on any atom is 0.500 e. The zero-order chi connectivity index (χ0) is 14.4. The zero-order valence-electron chi connectivity index (χ0n) is 13.2. The number of unbranched alkanes of at least 4 members (excludes halogenated alkanes) is 3. The molecule has 0 rings (SSSR count). The van der Waals surface area contributed by atoms with Crippen molar-refractivity contribution in [3.63, 3.8) is 0 Å². The highest BCUT2D eigenvalue weighted by atomic mass is 28.4.